The van der Waals surface area contributed by atoms with E-state index in [0.29, 0.717) is 35.4 Å². The van der Waals surface area contributed by atoms with Gasteiger partial charge in [-0.25, -0.2) is 4.98 Å². The molecule has 7 nitrogen and oxygen atoms in total. The van der Waals surface area contributed by atoms with Crippen LogP contribution in [0.5, 0.6) is 11.6 Å². The molecule has 0 amide bonds. The first-order valence-corrected chi connectivity index (χ1v) is 11.2. The monoisotopic (exact) mass is 474 g/mol. The van der Waals surface area contributed by atoms with Gasteiger partial charge in [-0.3, -0.25) is 9.88 Å². The molecule has 1 aliphatic heterocycles. The highest BCUT2D eigenvalue weighted by atomic mass is 35.5. The minimum absolute atomic E-state index is 0.487. The number of fused-ring (bicyclic) bond motifs is 2. The van der Waals surface area contributed by atoms with Gasteiger partial charge in [0.2, 0.25) is 5.88 Å². The highest BCUT2D eigenvalue weighted by Crippen LogP contribution is 2.42. The molecule has 2 aromatic heterocycles. The number of carbonyl (C=O) groups is 1. The fourth-order valence-corrected chi connectivity index (χ4v) is 4.91. The van der Waals surface area contributed by atoms with E-state index in [0.717, 1.165) is 45.1 Å². The molecule has 5 rings (SSSR count). The van der Waals surface area contributed by atoms with Crippen LogP contribution in [0.15, 0.2) is 54.7 Å². The lowest BCUT2D eigenvalue weighted by molar-refractivity contribution is -0.112. The van der Waals surface area contributed by atoms with Gasteiger partial charge in [0, 0.05) is 47.1 Å². The quantitative estimate of drug-likeness (QED) is 0.401. The van der Waals surface area contributed by atoms with E-state index in [-0.39, 0.29) is 0 Å². The van der Waals surface area contributed by atoms with Crippen LogP contribution < -0.4 is 15.2 Å². The summed E-state index contributed by atoms with van der Waals surface area (Å²) in [4.78, 5) is 23.6. The van der Waals surface area contributed by atoms with Crippen LogP contribution in [-0.4, -0.2) is 35.4 Å². The Bertz CT molecular complexity index is 1410. The Balaban J connectivity index is 1.59. The Hall–Kier alpha value is -3.68. The van der Waals surface area contributed by atoms with Gasteiger partial charge in [0.25, 0.3) is 0 Å². The van der Waals surface area contributed by atoms with Crippen molar-refractivity contribution in [3.8, 4) is 22.8 Å². The molecule has 0 saturated heterocycles. The number of benzene rings is 2. The molecule has 0 saturated carbocycles. The summed E-state index contributed by atoms with van der Waals surface area (Å²) in [6, 6.07) is 14.8. The number of ether oxygens (including phenoxy) is 2. The number of pyridine rings is 2. The van der Waals surface area contributed by atoms with Gasteiger partial charge in [-0.15, -0.1) is 0 Å². The molecular weight excluding hydrogens is 452 g/mol. The Kier molecular flexibility index (Phi) is 5.81. The van der Waals surface area contributed by atoms with Crippen molar-refractivity contribution < 1.29 is 14.3 Å². The van der Waals surface area contributed by atoms with E-state index in [2.05, 4.69) is 4.98 Å². The smallest absolute Gasteiger partial charge is 0.221 e. The molecule has 34 heavy (non-hydrogen) atoms. The number of carbonyl (C=O) groups excluding carboxylic acids is 1. The molecule has 172 valence electrons. The number of nitrogen functional groups attached to an aromatic ring is 1. The van der Waals surface area contributed by atoms with E-state index in [9.17, 15) is 4.79 Å². The van der Waals surface area contributed by atoms with Gasteiger partial charge in [-0.05, 0) is 29.8 Å². The Labute approximate surface area is 202 Å². The Morgan fingerprint density at radius 3 is 2.71 bits per heavy atom. The summed E-state index contributed by atoms with van der Waals surface area (Å²) in [5.41, 5.74) is 12.2. The Morgan fingerprint density at radius 1 is 1.15 bits per heavy atom. The molecule has 3 heterocycles. The number of para-hydroxylation sites is 1. The standard InChI is InChI=1S/C26H23ClN4O3/c1-33-22-9-8-15(11-19(22)27)12-31-13-20-23(21(31)14-32)24(28)18-6-3-5-16(25(18)30-20)17-7-4-10-29-26(17)34-2/h3-11,14,21H,12-13H2,1-2H3,(H2,28,30). The molecule has 0 bridgehead atoms. The normalized spacial score (nSPS) is 15.3. The molecule has 2 N–H and O–H groups in total. The lowest BCUT2D eigenvalue weighted by Gasteiger charge is -2.21. The van der Waals surface area contributed by atoms with Crippen LogP contribution in [0.4, 0.5) is 5.69 Å². The van der Waals surface area contributed by atoms with Crippen molar-refractivity contribution in [3.63, 3.8) is 0 Å². The number of hydrogen-bond donors (Lipinski definition) is 1. The van der Waals surface area contributed by atoms with E-state index in [1.54, 1.807) is 20.4 Å². The zero-order valence-corrected chi connectivity index (χ0v) is 19.5. The largest absolute Gasteiger partial charge is 0.495 e. The third kappa shape index (κ3) is 3.63. The summed E-state index contributed by atoms with van der Waals surface area (Å²) >= 11 is 6.31. The van der Waals surface area contributed by atoms with Crippen LogP contribution in [0.3, 0.4) is 0 Å². The highest BCUT2D eigenvalue weighted by Gasteiger charge is 2.34. The average molecular weight is 475 g/mol. The van der Waals surface area contributed by atoms with E-state index < -0.39 is 6.04 Å². The highest BCUT2D eigenvalue weighted by molar-refractivity contribution is 6.32. The van der Waals surface area contributed by atoms with Crippen LogP contribution in [0, 0.1) is 0 Å². The number of nitrogens with zero attached hydrogens (tertiary/aromatic N) is 3. The molecule has 0 radical (unpaired) electrons. The van der Waals surface area contributed by atoms with Gasteiger partial charge in [0.15, 0.2) is 0 Å². The maximum absolute atomic E-state index is 12.2. The molecule has 1 aliphatic rings. The summed E-state index contributed by atoms with van der Waals surface area (Å²) in [7, 11) is 3.17. The van der Waals surface area contributed by atoms with Crippen molar-refractivity contribution in [3.05, 3.63) is 76.6 Å². The van der Waals surface area contributed by atoms with Crippen molar-refractivity contribution in [1.29, 1.82) is 0 Å². The van der Waals surface area contributed by atoms with Crippen molar-refractivity contribution >= 4 is 34.5 Å². The van der Waals surface area contributed by atoms with Crippen LogP contribution in [0.2, 0.25) is 5.02 Å². The third-order valence-corrected chi connectivity index (χ3v) is 6.50. The lowest BCUT2D eigenvalue weighted by atomic mass is 9.98. The van der Waals surface area contributed by atoms with Gasteiger partial charge in [0.1, 0.15) is 12.0 Å². The number of aromatic nitrogens is 2. The number of methoxy groups -OCH3 is 2. The van der Waals surface area contributed by atoms with Crippen LogP contribution in [-0.2, 0) is 17.9 Å². The maximum Gasteiger partial charge on any atom is 0.221 e. The molecule has 0 spiro atoms. The summed E-state index contributed by atoms with van der Waals surface area (Å²) < 4.78 is 10.7. The summed E-state index contributed by atoms with van der Waals surface area (Å²) in [6.07, 6.45) is 2.61. The molecule has 0 aliphatic carbocycles. The van der Waals surface area contributed by atoms with E-state index >= 15 is 0 Å². The first kappa shape index (κ1) is 22.1. The Morgan fingerprint density at radius 2 is 1.97 bits per heavy atom. The zero-order chi connectivity index (χ0) is 23.8. The minimum atomic E-state index is -0.496. The minimum Gasteiger partial charge on any atom is -0.495 e. The van der Waals surface area contributed by atoms with Crippen molar-refractivity contribution in [1.82, 2.24) is 14.9 Å². The van der Waals surface area contributed by atoms with E-state index in [1.165, 1.54) is 0 Å². The topological polar surface area (TPSA) is 90.6 Å². The second-order valence-corrected chi connectivity index (χ2v) is 8.51. The summed E-state index contributed by atoms with van der Waals surface area (Å²) in [6.45, 7) is 1.00. The van der Waals surface area contributed by atoms with Gasteiger partial charge >= 0.3 is 0 Å². The number of nitrogens with two attached hydrogens (primary N) is 1. The molecular formula is C26H23ClN4O3. The SMILES string of the molecule is COc1ccc(CN2Cc3nc4c(-c5cccnc5OC)cccc4c(N)c3C2C=O)cc1Cl. The van der Waals surface area contributed by atoms with E-state index in [4.69, 9.17) is 31.8 Å². The lowest BCUT2D eigenvalue weighted by Crippen LogP contribution is -2.23. The van der Waals surface area contributed by atoms with Crippen molar-refractivity contribution in [2.45, 2.75) is 19.1 Å². The maximum atomic E-state index is 12.2. The number of halogens is 1. The van der Waals surface area contributed by atoms with Crippen molar-refractivity contribution in [2.24, 2.45) is 0 Å². The molecule has 0 fully saturated rings. The predicted octanol–water partition coefficient (Wildman–Crippen LogP) is 4.81. The van der Waals surface area contributed by atoms with Gasteiger partial charge in [0.05, 0.1) is 36.5 Å². The summed E-state index contributed by atoms with van der Waals surface area (Å²) in [5.74, 6) is 1.12. The zero-order valence-electron chi connectivity index (χ0n) is 18.8. The van der Waals surface area contributed by atoms with Crippen LogP contribution >= 0.6 is 11.6 Å². The second kappa shape index (κ2) is 8.93. The van der Waals surface area contributed by atoms with Gasteiger partial charge in [-0.1, -0.05) is 35.9 Å². The van der Waals surface area contributed by atoms with E-state index in [1.807, 2.05) is 53.4 Å². The molecule has 2 aromatic carbocycles. The molecule has 1 unspecified atom stereocenters. The number of rotatable bonds is 6. The number of anilines is 1. The molecule has 1 atom stereocenters. The summed E-state index contributed by atoms with van der Waals surface area (Å²) in [5, 5.41) is 1.32. The average Bonchev–Trinajstić information content (AvgIpc) is 3.21. The van der Waals surface area contributed by atoms with Crippen LogP contribution in [0.1, 0.15) is 22.9 Å². The fourth-order valence-electron chi connectivity index (χ4n) is 4.63. The first-order valence-electron chi connectivity index (χ1n) is 10.8. The molecule has 8 heteroatoms. The van der Waals surface area contributed by atoms with Crippen LogP contribution in [0.25, 0.3) is 22.0 Å². The fraction of sp³-hybridized carbons (Fsp3) is 0.192. The number of aldehydes is 1. The van der Waals surface area contributed by atoms with Crippen molar-refractivity contribution in [2.75, 3.05) is 20.0 Å². The number of hydrogen-bond acceptors (Lipinski definition) is 7. The predicted molar refractivity (Wildman–Crippen MR) is 132 cm³/mol. The third-order valence-electron chi connectivity index (χ3n) is 6.20. The van der Waals surface area contributed by atoms with Gasteiger partial charge in [-0.2, -0.15) is 0 Å². The second-order valence-electron chi connectivity index (χ2n) is 8.10. The van der Waals surface area contributed by atoms with Gasteiger partial charge < -0.3 is 20.0 Å². The molecule has 4 aromatic rings. The first-order chi connectivity index (χ1) is 16.5.